The molecule has 0 bridgehead atoms. The minimum absolute atomic E-state index is 0.184. The van der Waals surface area contributed by atoms with Crippen molar-refractivity contribution in [2.75, 3.05) is 0 Å². The Hall–Kier alpha value is -0.610. The minimum atomic E-state index is -0.793. The number of thiophene rings is 1. The van der Waals surface area contributed by atoms with Crippen molar-refractivity contribution in [3.05, 3.63) is 55.9 Å². The van der Waals surface area contributed by atoms with Gasteiger partial charge in [0.05, 0.1) is 16.0 Å². The van der Waals surface area contributed by atoms with Crippen LogP contribution in [0.2, 0.25) is 10.0 Å². The number of halogens is 3. The van der Waals surface area contributed by atoms with Gasteiger partial charge in [-0.2, -0.15) is 0 Å². The van der Waals surface area contributed by atoms with Gasteiger partial charge in [0.2, 0.25) is 0 Å². The Morgan fingerprint density at radius 1 is 1.29 bits per heavy atom. The van der Waals surface area contributed by atoms with Crippen LogP contribution in [0.1, 0.15) is 16.5 Å². The van der Waals surface area contributed by atoms with Crippen LogP contribution in [0.25, 0.3) is 0 Å². The van der Waals surface area contributed by atoms with Crippen molar-refractivity contribution in [2.24, 2.45) is 0 Å². The first-order chi connectivity index (χ1) is 8.08. The topological polar surface area (TPSA) is 20.2 Å². The third kappa shape index (κ3) is 2.99. The maximum Gasteiger partial charge on any atom is 0.127 e. The van der Waals surface area contributed by atoms with Crippen LogP contribution < -0.4 is 0 Å². The molecule has 1 aromatic heterocycles. The van der Waals surface area contributed by atoms with E-state index in [1.807, 2.05) is 0 Å². The van der Waals surface area contributed by atoms with Crippen LogP contribution >= 0.6 is 34.5 Å². The molecule has 1 N–H and O–H groups in total. The monoisotopic (exact) mass is 290 g/mol. The van der Waals surface area contributed by atoms with Crippen LogP contribution in [0.4, 0.5) is 4.39 Å². The summed E-state index contributed by atoms with van der Waals surface area (Å²) in [6.45, 7) is 0. The van der Waals surface area contributed by atoms with E-state index >= 15 is 0 Å². The average molecular weight is 291 g/mol. The summed E-state index contributed by atoms with van der Waals surface area (Å²) in [4.78, 5) is 0.654. The van der Waals surface area contributed by atoms with Crippen LogP contribution in [-0.2, 0) is 6.42 Å². The first-order valence-corrected chi connectivity index (χ1v) is 6.56. The minimum Gasteiger partial charge on any atom is -0.387 e. The van der Waals surface area contributed by atoms with E-state index in [9.17, 15) is 9.50 Å². The second-order valence-corrected chi connectivity index (χ2v) is 5.38. The van der Waals surface area contributed by atoms with Gasteiger partial charge in [-0.3, -0.25) is 0 Å². The molecule has 2 aromatic rings. The van der Waals surface area contributed by atoms with Crippen LogP contribution in [0, 0.1) is 5.82 Å². The normalized spacial score (nSPS) is 12.7. The van der Waals surface area contributed by atoms with Gasteiger partial charge in [0.15, 0.2) is 0 Å². The van der Waals surface area contributed by atoms with E-state index in [4.69, 9.17) is 23.2 Å². The Kier molecular flexibility index (Phi) is 4.05. The molecular weight excluding hydrogens is 282 g/mol. The fourth-order valence-corrected chi connectivity index (χ4v) is 2.86. The molecule has 0 amide bonds. The van der Waals surface area contributed by atoms with Gasteiger partial charge < -0.3 is 5.11 Å². The average Bonchev–Trinajstić information content (AvgIpc) is 2.68. The van der Waals surface area contributed by atoms with E-state index < -0.39 is 11.9 Å². The Balaban J connectivity index is 2.19. The lowest BCUT2D eigenvalue weighted by atomic mass is 10.1. The highest BCUT2D eigenvalue weighted by molar-refractivity contribution is 7.10. The molecule has 5 heteroatoms. The molecule has 2 rings (SSSR count). The van der Waals surface area contributed by atoms with Crippen molar-refractivity contribution in [1.82, 2.24) is 0 Å². The molecule has 90 valence electrons. The maximum atomic E-state index is 13.5. The van der Waals surface area contributed by atoms with Crippen molar-refractivity contribution in [3.8, 4) is 0 Å². The standard InChI is InChI=1S/C12H9Cl2FOS/c13-8-2-1-7(10(15)6-8)5-11(16)12-9(14)3-4-17-12/h1-4,6,11,16H,5H2. The molecular formula is C12H9Cl2FOS. The zero-order chi connectivity index (χ0) is 12.4. The van der Waals surface area contributed by atoms with Crippen molar-refractivity contribution in [1.29, 1.82) is 0 Å². The van der Waals surface area contributed by atoms with E-state index in [1.54, 1.807) is 23.6 Å². The van der Waals surface area contributed by atoms with Crippen LogP contribution in [-0.4, -0.2) is 5.11 Å². The highest BCUT2D eigenvalue weighted by Gasteiger charge is 2.15. The fourth-order valence-electron chi connectivity index (χ4n) is 1.53. The van der Waals surface area contributed by atoms with Crippen molar-refractivity contribution in [3.63, 3.8) is 0 Å². The van der Waals surface area contributed by atoms with Crippen LogP contribution in [0.5, 0.6) is 0 Å². The number of aliphatic hydroxyl groups excluding tert-OH is 1. The molecule has 0 saturated heterocycles. The van der Waals surface area contributed by atoms with Gasteiger partial charge in [-0.05, 0) is 29.1 Å². The summed E-state index contributed by atoms with van der Waals surface area (Å²) in [6, 6.07) is 6.12. The molecule has 0 aliphatic heterocycles. The number of benzene rings is 1. The lowest BCUT2D eigenvalue weighted by molar-refractivity contribution is 0.181. The molecule has 0 saturated carbocycles. The number of rotatable bonds is 3. The van der Waals surface area contributed by atoms with Crippen molar-refractivity contribution >= 4 is 34.5 Å². The second-order valence-electron chi connectivity index (χ2n) is 3.59. The van der Waals surface area contributed by atoms with E-state index in [0.29, 0.717) is 20.5 Å². The Bertz CT molecular complexity index is 527. The van der Waals surface area contributed by atoms with Crippen LogP contribution in [0.15, 0.2) is 29.6 Å². The molecule has 0 aliphatic rings. The smallest absolute Gasteiger partial charge is 0.127 e. The van der Waals surface area contributed by atoms with Crippen molar-refractivity contribution < 1.29 is 9.50 Å². The first-order valence-electron chi connectivity index (χ1n) is 4.93. The summed E-state index contributed by atoms with van der Waals surface area (Å²) >= 11 is 12.9. The maximum absolute atomic E-state index is 13.5. The van der Waals surface area contributed by atoms with Crippen molar-refractivity contribution in [2.45, 2.75) is 12.5 Å². The van der Waals surface area contributed by atoms with E-state index in [1.165, 1.54) is 17.4 Å². The molecule has 0 fully saturated rings. The molecule has 1 atom stereocenters. The summed E-state index contributed by atoms with van der Waals surface area (Å²) in [6.07, 6.45) is -0.610. The zero-order valence-corrected chi connectivity index (χ0v) is 11.0. The molecule has 1 aromatic carbocycles. The van der Waals surface area contributed by atoms with E-state index in [-0.39, 0.29) is 6.42 Å². The van der Waals surface area contributed by atoms with Gasteiger partial charge in [0, 0.05) is 11.4 Å². The predicted octanol–water partition coefficient (Wildman–Crippen LogP) is 4.47. The summed E-state index contributed by atoms with van der Waals surface area (Å²) < 4.78 is 13.5. The summed E-state index contributed by atoms with van der Waals surface area (Å²) in [7, 11) is 0. The third-order valence-electron chi connectivity index (χ3n) is 2.38. The van der Waals surface area contributed by atoms with Crippen LogP contribution in [0.3, 0.4) is 0 Å². The SMILES string of the molecule is OC(Cc1ccc(Cl)cc1F)c1sccc1Cl. The molecule has 1 unspecified atom stereocenters. The molecule has 1 heterocycles. The zero-order valence-electron chi connectivity index (χ0n) is 8.66. The number of hydrogen-bond acceptors (Lipinski definition) is 2. The highest BCUT2D eigenvalue weighted by atomic mass is 35.5. The quantitative estimate of drug-likeness (QED) is 0.884. The summed E-state index contributed by atoms with van der Waals surface area (Å²) in [5, 5.41) is 12.6. The largest absolute Gasteiger partial charge is 0.387 e. The molecule has 0 aliphatic carbocycles. The fraction of sp³-hybridized carbons (Fsp3) is 0.167. The first kappa shape index (κ1) is 12.8. The van der Waals surface area contributed by atoms with Gasteiger partial charge in [-0.1, -0.05) is 29.3 Å². The van der Waals surface area contributed by atoms with E-state index in [2.05, 4.69) is 0 Å². The lowest BCUT2D eigenvalue weighted by Gasteiger charge is -2.10. The van der Waals surface area contributed by atoms with Gasteiger partial charge in [-0.25, -0.2) is 4.39 Å². The summed E-state index contributed by atoms with van der Waals surface area (Å²) in [5.41, 5.74) is 0.423. The van der Waals surface area contributed by atoms with E-state index in [0.717, 1.165) is 0 Å². The highest BCUT2D eigenvalue weighted by Crippen LogP contribution is 2.31. The molecule has 1 nitrogen and oxygen atoms in total. The number of aliphatic hydroxyl groups is 1. The third-order valence-corrected chi connectivity index (χ3v) is 4.07. The lowest BCUT2D eigenvalue weighted by Crippen LogP contribution is -2.02. The Morgan fingerprint density at radius 3 is 2.65 bits per heavy atom. The summed E-state index contributed by atoms with van der Waals surface area (Å²) in [5.74, 6) is -0.413. The van der Waals surface area contributed by atoms with Gasteiger partial charge in [0.1, 0.15) is 5.82 Å². The molecule has 0 radical (unpaired) electrons. The van der Waals surface area contributed by atoms with Gasteiger partial charge in [0.25, 0.3) is 0 Å². The Labute approximate surface area is 112 Å². The van der Waals surface area contributed by atoms with Gasteiger partial charge >= 0.3 is 0 Å². The predicted molar refractivity (Wildman–Crippen MR) is 69.4 cm³/mol. The number of hydrogen-bond donors (Lipinski definition) is 1. The second kappa shape index (κ2) is 5.36. The van der Waals surface area contributed by atoms with Gasteiger partial charge in [-0.15, -0.1) is 11.3 Å². The molecule has 0 spiro atoms. The Morgan fingerprint density at radius 2 is 2.06 bits per heavy atom. The molecule has 17 heavy (non-hydrogen) atoms.